The van der Waals surface area contributed by atoms with Crippen LogP contribution in [0.25, 0.3) is 11.0 Å². The predicted molar refractivity (Wildman–Crippen MR) is 101 cm³/mol. The molecule has 2 heterocycles. The molecule has 0 spiro atoms. The maximum absolute atomic E-state index is 13.3. The molecule has 3 aromatic rings. The molecule has 1 aliphatic heterocycles. The van der Waals surface area contributed by atoms with Gasteiger partial charge in [0.05, 0.1) is 22.8 Å². The number of aromatic amines is 1. The summed E-state index contributed by atoms with van der Waals surface area (Å²) in [5.41, 5.74) is 1.63. The van der Waals surface area contributed by atoms with Crippen LogP contribution in [0.5, 0.6) is 0 Å². The Morgan fingerprint density at radius 2 is 1.85 bits per heavy atom. The number of aromatic nitrogens is 2. The smallest absolute Gasteiger partial charge is 0.296 e. The van der Waals surface area contributed by atoms with E-state index in [-0.39, 0.29) is 17.6 Å². The molecule has 0 unspecified atom stereocenters. The van der Waals surface area contributed by atoms with Gasteiger partial charge < -0.3 is 4.98 Å². The zero-order chi connectivity index (χ0) is 18.1. The fraction of sp³-hybridized carbons (Fsp3) is 0.250. The van der Waals surface area contributed by atoms with Crippen LogP contribution in [0.3, 0.4) is 0 Å². The predicted octanol–water partition coefficient (Wildman–Crippen LogP) is 2.97. The fourth-order valence-corrected chi connectivity index (χ4v) is 3.45. The number of nitrogens with one attached hydrogen (secondary N) is 1. The van der Waals surface area contributed by atoms with E-state index in [0.29, 0.717) is 11.0 Å². The van der Waals surface area contributed by atoms with Crippen molar-refractivity contribution in [3.05, 3.63) is 70.6 Å². The van der Waals surface area contributed by atoms with E-state index in [1.807, 2.05) is 54.4 Å². The zero-order valence-corrected chi connectivity index (χ0v) is 14.6. The number of benzene rings is 2. The van der Waals surface area contributed by atoms with Crippen LogP contribution >= 0.6 is 0 Å². The van der Waals surface area contributed by atoms with Crippen LogP contribution in [0.4, 0.5) is 5.69 Å². The Bertz CT molecular complexity index is 999. The highest BCUT2D eigenvalue weighted by Gasteiger charge is 2.33. The minimum absolute atomic E-state index is 0.0101. The van der Waals surface area contributed by atoms with Crippen LogP contribution in [0, 0.1) is 0 Å². The van der Waals surface area contributed by atoms with Gasteiger partial charge in [0.25, 0.3) is 11.5 Å². The second kappa shape index (κ2) is 6.63. The molecule has 0 saturated carbocycles. The van der Waals surface area contributed by atoms with Crippen LogP contribution in [-0.4, -0.2) is 33.5 Å². The molecule has 1 N–H and O–H groups in total. The monoisotopic (exact) mass is 348 g/mol. The van der Waals surface area contributed by atoms with E-state index < -0.39 is 5.56 Å². The summed E-state index contributed by atoms with van der Waals surface area (Å²) in [6.07, 6.45) is 1.88. The van der Waals surface area contributed by atoms with Crippen molar-refractivity contribution >= 4 is 22.6 Å². The standard InChI is InChI=1S/C20H20N4O2/c1-14-8-7-13-23(15-9-3-2-4-10-15)24(14)20(26)18-19(25)22-17-12-6-5-11-16(17)21-18/h2-6,9-12,14H,7-8,13H2,1H3,(H,22,25)/t14-/m0/s1. The highest BCUT2D eigenvalue weighted by Crippen LogP contribution is 2.26. The molecule has 0 radical (unpaired) electrons. The highest BCUT2D eigenvalue weighted by molar-refractivity contribution is 5.95. The van der Waals surface area contributed by atoms with E-state index >= 15 is 0 Å². The van der Waals surface area contributed by atoms with E-state index in [2.05, 4.69) is 9.97 Å². The third-order valence-corrected chi connectivity index (χ3v) is 4.73. The van der Waals surface area contributed by atoms with Crippen molar-refractivity contribution in [1.29, 1.82) is 0 Å². The lowest BCUT2D eigenvalue weighted by atomic mass is 10.1. The van der Waals surface area contributed by atoms with Gasteiger partial charge in [-0.25, -0.2) is 9.99 Å². The SMILES string of the molecule is C[C@H]1CCCN(c2ccccc2)N1C(=O)c1nc2ccccc2[nH]c1=O. The van der Waals surface area contributed by atoms with Crippen molar-refractivity contribution in [2.45, 2.75) is 25.8 Å². The molecule has 132 valence electrons. The first-order valence-corrected chi connectivity index (χ1v) is 8.80. The molecule has 1 aliphatic rings. The van der Waals surface area contributed by atoms with Crippen molar-refractivity contribution in [1.82, 2.24) is 15.0 Å². The molecule has 1 atom stereocenters. The lowest BCUT2D eigenvalue weighted by molar-refractivity contribution is 0.0600. The minimum Gasteiger partial charge on any atom is -0.319 e. The average molecular weight is 348 g/mol. The molecule has 6 heteroatoms. The number of para-hydroxylation sites is 3. The third kappa shape index (κ3) is 2.83. The summed E-state index contributed by atoms with van der Waals surface area (Å²) in [5.74, 6) is -0.368. The Morgan fingerprint density at radius 1 is 1.12 bits per heavy atom. The van der Waals surface area contributed by atoms with Gasteiger partial charge in [0.15, 0.2) is 5.69 Å². The number of fused-ring (bicyclic) bond motifs is 1. The molecular weight excluding hydrogens is 328 g/mol. The topological polar surface area (TPSA) is 69.3 Å². The van der Waals surface area contributed by atoms with E-state index in [1.54, 1.807) is 17.1 Å². The van der Waals surface area contributed by atoms with Gasteiger partial charge in [-0.2, -0.15) is 0 Å². The van der Waals surface area contributed by atoms with Gasteiger partial charge >= 0.3 is 0 Å². The Hall–Kier alpha value is -3.15. The summed E-state index contributed by atoms with van der Waals surface area (Å²) in [5, 5.41) is 3.62. The van der Waals surface area contributed by atoms with Gasteiger partial charge in [0.2, 0.25) is 0 Å². The Balaban J connectivity index is 1.77. The molecule has 1 saturated heterocycles. The third-order valence-electron chi connectivity index (χ3n) is 4.73. The quantitative estimate of drug-likeness (QED) is 0.773. The Labute approximate surface area is 151 Å². The van der Waals surface area contributed by atoms with E-state index in [0.717, 1.165) is 25.1 Å². The van der Waals surface area contributed by atoms with Crippen LogP contribution in [0.2, 0.25) is 0 Å². The lowest BCUT2D eigenvalue weighted by Crippen LogP contribution is -2.56. The molecule has 26 heavy (non-hydrogen) atoms. The van der Waals surface area contributed by atoms with Crippen LogP contribution in [0.1, 0.15) is 30.3 Å². The van der Waals surface area contributed by atoms with Gasteiger partial charge in [-0.1, -0.05) is 30.3 Å². The first-order valence-electron chi connectivity index (χ1n) is 8.80. The summed E-state index contributed by atoms with van der Waals surface area (Å²) >= 11 is 0. The molecule has 6 nitrogen and oxygen atoms in total. The van der Waals surface area contributed by atoms with Gasteiger partial charge in [-0.3, -0.25) is 14.6 Å². The van der Waals surface area contributed by atoms with Crippen molar-refractivity contribution in [3.8, 4) is 0 Å². The number of H-pyrrole nitrogens is 1. The van der Waals surface area contributed by atoms with Gasteiger partial charge in [0.1, 0.15) is 0 Å². The van der Waals surface area contributed by atoms with Gasteiger partial charge in [-0.05, 0) is 44.0 Å². The summed E-state index contributed by atoms with van der Waals surface area (Å²) in [6, 6.07) is 17.0. The number of carbonyl (C=O) groups is 1. The van der Waals surface area contributed by atoms with Crippen LogP contribution < -0.4 is 10.6 Å². The average Bonchev–Trinajstić information content (AvgIpc) is 2.67. The zero-order valence-electron chi connectivity index (χ0n) is 14.6. The van der Waals surface area contributed by atoms with Crippen LogP contribution in [-0.2, 0) is 0 Å². The Kier molecular flexibility index (Phi) is 4.16. The molecule has 0 aliphatic carbocycles. The second-order valence-electron chi connectivity index (χ2n) is 6.53. The number of carbonyl (C=O) groups excluding carboxylic acids is 1. The fourth-order valence-electron chi connectivity index (χ4n) is 3.45. The molecule has 2 aromatic carbocycles. The van der Waals surface area contributed by atoms with Crippen molar-refractivity contribution in [2.24, 2.45) is 0 Å². The van der Waals surface area contributed by atoms with E-state index in [1.165, 1.54) is 0 Å². The lowest BCUT2D eigenvalue weighted by Gasteiger charge is -2.44. The number of hydrazine groups is 1. The van der Waals surface area contributed by atoms with Gasteiger partial charge in [0, 0.05) is 6.54 Å². The normalized spacial score (nSPS) is 17.5. The summed E-state index contributed by atoms with van der Waals surface area (Å²) in [4.78, 5) is 32.9. The highest BCUT2D eigenvalue weighted by atomic mass is 16.2. The minimum atomic E-state index is -0.459. The summed E-state index contributed by atoms with van der Waals surface area (Å²) < 4.78 is 0. The van der Waals surface area contributed by atoms with E-state index in [4.69, 9.17) is 0 Å². The molecule has 0 bridgehead atoms. The number of anilines is 1. The molecule has 1 amide bonds. The van der Waals surface area contributed by atoms with Crippen molar-refractivity contribution < 1.29 is 4.79 Å². The van der Waals surface area contributed by atoms with Crippen LogP contribution in [0.15, 0.2) is 59.4 Å². The second-order valence-corrected chi connectivity index (χ2v) is 6.53. The number of hydrogen-bond donors (Lipinski definition) is 1. The Morgan fingerprint density at radius 3 is 2.65 bits per heavy atom. The van der Waals surface area contributed by atoms with Gasteiger partial charge in [-0.15, -0.1) is 0 Å². The molecule has 4 rings (SSSR count). The molecule has 1 fully saturated rings. The summed E-state index contributed by atoms with van der Waals surface area (Å²) in [7, 11) is 0. The summed E-state index contributed by atoms with van der Waals surface area (Å²) in [6.45, 7) is 2.73. The van der Waals surface area contributed by atoms with E-state index in [9.17, 15) is 9.59 Å². The molecule has 1 aromatic heterocycles. The number of hydrogen-bond acceptors (Lipinski definition) is 4. The maximum Gasteiger partial charge on any atom is 0.296 e. The number of rotatable bonds is 2. The van der Waals surface area contributed by atoms with Crippen molar-refractivity contribution in [2.75, 3.05) is 11.6 Å². The number of amides is 1. The first kappa shape index (κ1) is 16.3. The first-order chi connectivity index (χ1) is 12.6. The largest absolute Gasteiger partial charge is 0.319 e. The number of nitrogens with zero attached hydrogens (tertiary/aromatic N) is 3. The maximum atomic E-state index is 13.3. The molecular formula is C20H20N4O2. The van der Waals surface area contributed by atoms with Crippen molar-refractivity contribution in [3.63, 3.8) is 0 Å².